The van der Waals surface area contributed by atoms with E-state index in [0.717, 1.165) is 17.0 Å². The second-order valence-electron chi connectivity index (χ2n) is 6.30. The third kappa shape index (κ3) is 4.28. The largest absolute Gasteiger partial charge is 0.467 e. The van der Waals surface area contributed by atoms with Gasteiger partial charge in [0.2, 0.25) is 5.91 Å². The zero-order valence-electron chi connectivity index (χ0n) is 15.8. The summed E-state index contributed by atoms with van der Waals surface area (Å²) in [4.78, 5) is 32.0. The summed E-state index contributed by atoms with van der Waals surface area (Å²) in [6.45, 7) is 2.38. The molecule has 0 spiro atoms. The molecular formula is C21H19N3O3S2. The fourth-order valence-corrected chi connectivity index (χ4v) is 4.72. The molecule has 29 heavy (non-hydrogen) atoms. The smallest absolute Gasteiger partial charge is 0.267 e. The third-order valence-corrected chi connectivity index (χ3v) is 6.43. The number of fused-ring (bicyclic) bond motifs is 1. The number of hydrogen-bond donors (Lipinski definition) is 1. The van der Waals surface area contributed by atoms with Crippen LogP contribution in [-0.2, 0) is 17.8 Å². The minimum atomic E-state index is -0.152. The summed E-state index contributed by atoms with van der Waals surface area (Å²) < 4.78 is 6.80. The summed E-state index contributed by atoms with van der Waals surface area (Å²) in [5, 5.41) is 3.93. The molecule has 0 unspecified atom stereocenters. The fourth-order valence-electron chi connectivity index (χ4n) is 2.87. The lowest BCUT2D eigenvalue weighted by Gasteiger charge is -2.11. The average molecular weight is 426 g/mol. The Hall–Kier alpha value is -2.84. The molecule has 148 valence electrons. The van der Waals surface area contributed by atoms with Crippen molar-refractivity contribution in [2.24, 2.45) is 0 Å². The Labute approximate surface area is 175 Å². The van der Waals surface area contributed by atoms with Gasteiger partial charge in [0.1, 0.15) is 10.6 Å². The minimum Gasteiger partial charge on any atom is -0.467 e. The van der Waals surface area contributed by atoms with Crippen LogP contribution in [0.4, 0.5) is 0 Å². The molecule has 6 nitrogen and oxygen atoms in total. The van der Waals surface area contributed by atoms with E-state index in [1.54, 1.807) is 23.0 Å². The van der Waals surface area contributed by atoms with E-state index in [0.29, 0.717) is 27.7 Å². The van der Waals surface area contributed by atoms with Crippen LogP contribution in [0, 0.1) is 0 Å². The van der Waals surface area contributed by atoms with Gasteiger partial charge in [0.05, 0.1) is 29.6 Å². The van der Waals surface area contributed by atoms with Gasteiger partial charge < -0.3 is 9.73 Å². The summed E-state index contributed by atoms with van der Waals surface area (Å²) in [6, 6.07) is 14.9. The van der Waals surface area contributed by atoms with Gasteiger partial charge in [-0.15, -0.1) is 11.3 Å². The van der Waals surface area contributed by atoms with Crippen LogP contribution in [0.2, 0.25) is 0 Å². The number of aryl methyl sites for hydroxylation is 1. The van der Waals surface area contributed by atoms with Gasteiger partial charge in [-0.25, -0.2) is 4.98 Å². The highest BCUT2D eigenvalue weighted by molar-refractivity contribution is 7.99. The molecule has 0 bridgehead atoms. The highest BCUT2D eigenvalue weighted by Gasteiger charge is 2.16. The molecule has 0 atom stereocenters. The lowest BCUT2D eigenvalue weighted by molar-refractivity contribution is -0.118. The zero-order chi connectivity index (χ0) is 20.2. The summed E-state index contributed by atoms with van der Waals surface area (Å²) in [7, 11) is 0. The Morgan fingerprint density at radius 2 is 2.07 bits per heavy atom. The van der Waals surface area contributed by atoms with E-state index in [9.17, 15) is 9.59 Å². The molecule has 3 aromatic heterocycles. The number of furan rings is 1. The number of aromatic nitrogens is 2. The number of carbonyl (C=O) groups excluding carboxylic acids is 1. The van der Waals surface area contributed by atoms with E-state index in [1.165, 1.54) is 23.1 Å². The van der Waals surface area contributed by atoms with E-state index in [4.69, 9.17) is 9.40 Å². The van der Waals surface area contributed by atoms with Crippen LogP contribution in [0.3, 0.4) is 0 Å². The van der Waals surface area contributed by atoms with Crippen molar-refractivity contribution >= 4 is 39.2 Å². The van der Waals surface area contributed by atoms with Crippen molar-refractivity contribution in [3.8, 4) is 5.69 Å². The van der Waals surface area contributed by atoms with Gasteiger partial charge in [0, 0.05) is 4.88 Å². The molecular weight excluding hydrogens is 406 g/mol. The van der Waals surface area contributed by atoms with Crippen molar-refractivity contribution in [2.75, 3.05) is 5.75 Å². The molecule has 4 rings (SSSR count). The summed E-state index contributed by atoms with van der Waals surface area (Å²) in [5.41, 5.74) is 0.616. The van der Waals surface area contributed by atoms with E-state index in [2.05, 4.69) is 12.2 Å². The van der Waals surface area contributed by atoms with Crippen molar-refractivity contribution in [3.63, 3.8) is 0 Å². The molecule has 4 aromatic rings. The molecule has 0 fully saturated rings. The van der Waals surface area contributed by atoms with Crippen molar-refractivity contribution in [1.82, 2.24) is 14.9 Å². The maximum absolute atomic E-state index is 13.2. The monoisotopic (exact) mass is 425 g/mol. The van der Waals surface area contributed by atoms with Crippen LogP contribution in [0.15, 0.2) is 69.2 Å². The SMILES string of the molecule is CCc1cc2c(=O)n(-c3ccccc3)c(SCC(=O)NCc3ccco3)nc2s1. The molecule has 3 heterocycles. The predicted octanol–water partition coefficient (Wildman–Crippen LogP) is 4.01. The average Bonchev–Trinajstić information content (AvgIpc) is 3.41. The molecule has 0 aliphatic carbocycles. The molecule has 0 saturated heterocycles. The van der Waals surface area contributed by atoms with Gasteiger partial charge in [0.15, 0.2) is 5.16 Å². The van der Waals surface area contributed by atoms with E-state index in [1.807, 2.05) is 36.4 Å². The number of thioether (sulfide) groups is 1. The molecule has 0 radical (unpaired) electrons. The number of hydrogen-bond acceptors (Lipinski definition) is 6. The number of para-hydroxylation sites is 1. The Morgan fingerprint density at radius 1 is 1.24 bits per heavy atom. The molecule has 0 saturated carbocycles. The second-order valence-corrected chi connectivity index (χ2v) is 8.36. The van der Waals surface area contributed by atoms with Gasteiger partial charge in [0.25, 0.3) is 5.56 Å². The number of benzene rings is 1. The number of nitrogens with one attached hydrogen (secondary N) is 1. The molecule has 8 heteroatoms. The first-order valence-corrected chi connectivity index (χ1v) is 11.0. The summed E-state index contributed by atoms with van der Waals surface area (Å²) >= 11 is 2.77. The fraction of sp³-hybridized carbons (Fsp3) is 0.190. The van der Waals surface area contributed by atoms with Crippen LogP contribution in [0.25, 0.3) is 15.9 Å². The Morgan fingerprint density at radius 3 is 2.79 bits per heavy atom. The number of nitrogens with zero attached hydrogens (tertiary/aromatic N) is 2. The molecule has 1 N–H and O–H groups in total. The van der Waals surface area contributed by atoms with Gasteiger partial charge in [-0.2, -0.15) is 0 Å². The van der Waals surface area contributed by atoms with E-state index >= 15 is 0 Å². The van der Waals surface area contributed by atoms with Crippen molar-refractivity contribution in [1.29, 1.82) is 0 Å². The molecule has 1 amide bonds. The van der Waals surface area contributed by atoms with Crippen LogP contribution in [-0.4, -0.2) is 21.2 Å². The minimum absolute atomic E-state index is 0.115. The van der Waals surface area contributed by atoms with Crippen molar-refractivity contribution < 1.29 is 9.21 Å². The maximum Gasteiger partial charge on any atom is 0.267 e. The maximum atomic E-state index is 13.2. The Balaban J connectivity index is 1.63. The number of thiophene rings is 1. The van der Waals surface area contributed by atoms with Crippen molar-refractivity contribution in [2.45, 2.75) is 25.0 Å². The normalized spacial score (nSPS) is 11.1. The Kier molecular flexibility index (Phi) is 5.82. The first kappa shape index (κ1) is 19.5. The number of rotatable bonds is 7. The first-order chi connectivity index (χ1) is 14.2. The van der Waals surface area contributed by atoms with Crippen LogP contribution in [0.5, 0.6) is 0 Å². The van der Waals surface area contributed by atoms with E-state index < -0.39 is 0 Å². The topological polar surface area (TPSA) is 77.1 Å². The zero-order valence-corrected chi connectivity index (χ0v) is 17.4. The second kappa shape index (κ2) is 8.67. The lowest BCUT2D eigenvalue weighted by atomic mass is 10.3. The first-order valence-electron chi connectivity index (χ1n) is 9.18. The highest BCUT2D eigenvalue weighted by atomic mass is 32.2. The summed E-state index contributed by atoms with van der Waals surface area (Å²) in [6.07, 6.45) is 2.42. The highest BCUT2D eigenvalue weighted by Crippen LogP contribution is 2.26. The van der Waals surface area contributed by atoms with E-state index in [-0.39, 0.29) is 17.2 Å². The molecule has 1 aromatic carbocycles. The standard InChI is InChI=1S/C21H19N3O3S2/c1-2-16-11-17-19(29-16)23-21(24(20(17)26)14-7-4-3-5-8-14)28-13-18(25)22-12-15-9-6-10-27-15/h3-11H,2,12-13H2,1H3,(H,22,25). The van der Waals surface area contributed by atoms with Crippen LogP contribution in [0.1, 0.15) is 17.6 Å². The van der Waals surface area contributed by atoms with Crippen LogP contribution < -0.4 is 10.9 Å². The molecule has 0 aliphatic rings. The number of amides is 1. The van der Waals surface area contributed by atoms with Crippen LogP contribution >= 0.6 is 23.1 Å². The summed E-state index contributed by atoms with van der Waals surface area (Å²) in [5.74, 6) is 0.688. The predicted molar refractivity (Wildman–Crippen MR) is 116 cm³/mol. The quantitative estimate of drug-likeness (QED) is 0.358. The number of carbonyl (C=O) groups is 1. The molecule has 0 aliphatic heterocycles. The van der Waals surface area contributed by atoms with Gasteiger partial charge in [-0.1, -0.05) is 36.9 Å². The van der Waals surface area contributed by atoms with Gasteiger partial charge in [-0.05, 0) is 36.8 Å². The van der Waals surface area contributed by atoms with Crippen molar-refractivity contribution in [3.05, 3.63) is 75.8 Å². The Bertz CT molecular complexity index is 1180. The third-order valence-electron chi connectivity index (χ3n) is 4.32. The van der Waals surface area contributed by atoms with Gasteiger partial charge >= 0.3 is 0 Å². The lowest BCUT2D eigenvalue weighted by Crippen LogP contribution is -2.26. The van der Waals surface area contributed by atoms with Gasteiger partial charge in [-0.3, -0.25) is 14.2 Å².